The van der Waals surface area contributed by atoms with E-state index < -0.39 is 16.1 Å². The van der Waals surface area contributed by atoms with Crippen molar-refractivity contribution in [2.24, 2.45) is 0 Å². The van der Waals surface area contributed by atoms with Crippen LogP contribution in [-0.2, 0) is 14.8 Å². The maximum absolute atomic E-state index is 12.9. The maximum atomic E-state index is 12.9. The van der Waals surface area contributed by atoms with E-state index in [9.17, 15) is 13.2 Å². The minimum Gasteiger partial charge on any atom is -0.347 e. The van der Waals surface area contributed by atoms with Crippen LogP contribution in [0.15, 0.2) is 42.5 Å². The number of hydrogen-bond donors (Lipinski definition) is 1. The molecule has 7 heteroatoms. The molecule has 2 rings (SSSR count). The molecule has 0 saturated heterocycles. The lowest BCUT2D eigenvalue weighted by Gasteiger charge is -2.30. The molecule has 0 aromatic heterocycles. The Morgan fingerprint density at radius 3 is 2.21 bits per heavy atom. The summed E-state index contributed by atoms with van der Waals surface area (Å²) in [4.78, 5) is 12.9. The summed E-state index contributed by atoms with van der Waals surface area (Å²) in [6.07, 6.45) is 1.78. The summed E-state index contributed by atoms with van der Waals surface area (Å²) in [5.74, 6) is -0.356. The van der Waals surface area contributed by atoms with Crippen molar-refractivity contribution in [3.05, 3.63) is 64.2 Å². The van der Waals surface area contributed by atoms with Gasteiger partial charge in [-0.15, -0.1) is 0 Å². The Morgan fingerprint density at radius 2 is 1.71 bits per heavy atom. The molecule has 0 aliphatic rings. The molecule has 28 heavy (non-hydrogen) atoms. The minimum absolute atomic E-state index is 0.194. The normalized spacial score (nSPS) is 13.6. The van der Waals surface area contributed by atoms with Gasteiger partial charge in [0, 0.05) is 5.02 Å². The summed E-state index contributed by atoms with van der Waals surface area (Å²) in [5.41, 5.74) is 3.73. The van der Waals surface area contributed by atoms with E-state index in [1.165, 1.54) is 5.56 Å². The van der Waals surface area contributed by atoms with Crippen LogP contribution in [0.2, 0.25) is 5.02 Å². The standard InChI is InChI=1S/C21H27ClN2O3S/c1-6-20(17-8-7-14(2)15(3)13-17)23-21(25)16(4)24(28(5,26)27)19-11-9-18(22)10-12-19/h7-13,16,20H,6H2,1-5H3,(H,23,25)/t16-,20+/m0/s1. The lowest BCUT2D eigenvalue weighted by Crippen LogP contribution is -2.48. The molecule has 0 fully saturated rings. The summed E-state index contributed by atoms with van der Waals surface area (Å²) in [5, 5.41) is 3.49. The fraction of sp³-hybridized carbons (Fsp3) is 0.381. The number of halogens is 1. The van der Waals surface area contributed by atoms with Gasteiger partial charge < -0.3 is 5.32 Å². The quantitative estimate of drug-likeness (QED) is 0.720. The molecular formula is C21H27ClN2O3S. The number of benzene rings is 2. The third-order valence-corrected chi connectivity index (χ3v) is 6.32. The van der Waals surface area contributed by atoms with Crippen LogP contribution in [0.4, 0.5) is 5.69 Å². The summed E-state index contributed by atoms with van der Waals surface area (Å²) in [7, 11) is -3.67. The summed E-state index contributed by atoms with van der Waals surface area (Å²) < 4.78 is 25.9. The second-order valence-electron chi connectivity index (χ2n) is 7.02. The number of aryl methyl sites for hydroxylation is 2. The maximum Gasteiger partial charge on any atom is 0.244 e. The van der Waals surface area contributed by atoms with Gasteiger partial charge in [-0.25, -0.2) is 8.42 Å². The molecule has 5 nitrogen and oxygen atoms in total. The monoisotopic (exact) mass is 422 g/mol. The highest BCUT2D eigenvalue weighted by molar-refractivity contribution is 7.92. The summed E-state index contributed by atoms with van der Waals surface area (Å²) >= 11 is 5.90. The van der Waals surface area contributed by atoms with E-state index in [-0.39, 0.29) is 11.9 Å². The predicted octanol–water partition coefficient (Wildman–Crippen LogP) is 4.38. The molecule has 2 aromatic carbocycles. The topological polar surface area (TPSA) is 66.5 Å². The molecule has 0 aliphatic heterocycles. The number of carbonyl (C=O) groups is 1. The molecule has 1 amide bonds. The van der Waals surface area contributed by atoms with Crippen LogP contribution in [0.3, 0.4) is 0 Å². The van der Waals surface area contributed by atoms with Crippen LogP contribution in [0.1, 0.15) is 43.0 Å². The molecule has 0 heterocycles. The molecule has 0 unspecified atom stereocenters. The molecule has 152 valence electrons. The van der Waals surface area contributed by atoms with Crippen LogP contribution < -0.4 is 9.62 Å². The van der Waals surface area contributed by atoms with Crippen molar-refractivity contribution in [2.75, 3.05) is 10.6 Å². The number of hydrogen-bond acceptors (Lipinski definition) is 3. The van der Waals surface area contributed by atoms with Gasteiger partial charge in [0.1, 0.15) is 6.04 Å². The Hall–Kier alpha value is -2.05. The second-order valence-corrected chi connectivity index (χ2v) is 9.32. The Balaban J connectivity index is 2.28. The van der Waals surface area contributed by atoms with Crippen molar-refractivity contribution in [1.29, 1.82) is 0 Å². The van der Waals surface area contributed by atoms with Gasteiger partial charge in [0.05, 0.1) is 18.0 Å². The largest absolute Gasteiger partial charge is 0.347 e. The predicted molar refractivity (Wildman–Crippen MR) is 115 cm³/mol. The minimum atomic E-state index is -3.67. The molecule has 0 bridgehead atoms. The molecule has 0 radical (unpaired) electrons. The first-order valence-corrected chi connectivity index (χ1v) is 11.4. The van der Waals surface area contributed by atoms with Crippen molar-refractivity contribution in [3.63, 3.8) is 0 Å². The third-order valence-electron chi connectivity index (χ3n) is 4.83. The fourth-order valence-corrected chi connectivity index (χ4v) is 4.39. The van der Waals surface area contributed by atoms with Gasteiger partial charge in [0.2, 0.25) is 15.9 Å². The van der Waals surface area contributed by atoms with Crippen LogP contribution in [-0.4, -0.2) is 26.6 Å². The fourth-order valence-electron chi connectivity index (χ4n) is 3.09. The lowest BCUT2D eigenvalue weighted by atomic mass is 9.99. The molecule has 0 aliphatic carbocycles. The SMILES string of the molecule is CC[C@@H](NC(=O)[C@H](C)N(c1ccc(Cl)cc1)S(C)(=O)=O)c1ccc(C)c(C)c1. The Morgan fingerprint density at radius 1 is 1.11 bits per heavy atom. The van der Waals surface area contributed by atoms with Gasteiger partial charge in [0.15, 0.2) is 0 Å². The first kappa shape index (κ1) is 22.2. The highest BCUT2D eigenvalue weighted by Crippen LogP contribution is 2.24. The average Bonchev–Trinajstić information content (AvgIpc) is 2.62. The first-order chi connectivity index (χ1) is 13.0. The Kier molecular flexibility index (Phi) is 7.12. The first-order valence-electron chi connectivity index (χ1n) is 9.17. The lowest BCUT2D eigenvalue weighted by molar-refractivity contribution is -0.122. The van der Waals surface area contributed by atoms with E-state index in [0.29, 0.717) is 17.1 Å². The molecule has 1 N–H and O–H groups in total. The summed E-state index contributed by atoms with van der Waals surface area (Å²) in [6, 6.07) is 11.4. The van der Waals surface area contributed by atoms with Crippen LogP contribution in [0.25, 0.3) is 0 Å². The molecule has 2 aromatic rings. The van der Waals surface area contributed by atoms with E-state index in [1.807, 2.05) is 32.9 Å². The summed E-state index contributed by atoms with van der Waals surface area (Å²) in [6.45, 7) is 7.63. The number of nitrogens with zero attached hydrogens (tertiary/aromatic N) is 1. The van der Waals surface area contributed by atoms with E-state index >= 15 is 0 Å². The van der Waals surface area contributed by atoms with E-state index in [0.717, 1.165) is 21.7 Å². The molecule has 2 atom stereocenters. The number of rotatable bonds is 7. The van der Waals surface area contributed by atoms with Gasteiger partial charge in [0.25, 0.3) is 0 Å². The number of nitrogens with one attached hydrogen (secondary N) is 1. The zero-order chi connectivity index (χ0) is 21.1. The molecular weight excluding hydrogens is 396 g/mol. The van der Waals surface area contributed by atoms with Crippen LogP contribution in [0, 0.1) is 13.8 Å². The highest BCUT2D eigenvalue weighted by Gasteiger charge is 2.30. The average molecular weight is 423 g/mol. The highest BCUT2D eigenvalue weighted by atomic mass is 35.5. The Labute approximate surface area is 172 Å². The smallest absolute Gasteiger partial charge is 0.244 e. The molecule has 0 spiro atoms. The van der Waals surface area contributed by atoms with Gasteiger partial charge >= 0.3 is 0 Å². The van der Waals surface area contributed by atoms with Gasteiger partial charge in [-0.1, -0.05) is 36.7 Å². The third kappa shape index (κ3) is 5.26. The molecule has 0 saturated carbocycles. The van der Waals surface area contributed by atoms with Crippen LogP contribution >= 0.6 is 11.6 Å². The zero-order valence-electron chi connectivity index (χ0n) is 16.9. The number of anilines is 1. The van der Waals surface area contributed by atoms with E-state index in [1.54, 1.807) is 31.2 Å². The number of sulfonamides is 1. The van der Waals surface area contributed by atoms with Crippen molar-refractivity contribution >= 4 is 33.2 Å². The van der Waals surface area contributed by atoms with E-state index in [4.69, 9.17) is 11.6 Å². The van der Waals surface area contributed by atoms with Crippen molar-refractivity contribution < 1.29 is 13.2 Å². The Bertz CT molecular complexity index is 943. The number of carbonyl (C=O) groups excluding carboxylic acids is 1. The van der Waals surface area contributed by atoms with E-state index in [2.05, 4.69) is 11.4 Å². The second kappa shape index (κ2) is 8.97. The van der Waals surface area contributed by atoms with Crippen molar-refractivity contribution in [1.82, 2.24) is 5.32 Å². The van der Waals surface area contributed by atoms with Gasteiger partial charge in [-0.05, 0) is 68.1 Å². The van der Waals surface area contributed by atoms with Gasteiger partial charge in [-0.3, -0.25) is 9.10 Å². The zero-order valence-corrected chi connectivity index (χ0v) is 18.4. The van der Waals surface area contributed by atoms with Gasteiger partial charge in [-0.2, -0.15) is 0 Å². The van der Waals surface area contributed by atoms with Crippen molar-refractivity contribution in [3.8, 4) is 0 Å². The number of amides is 1. The van der Waals surface area contributed by atoms with Crippen molar-refractivity contribution in [2.45, 2.75) is 46.2 Å². The van der Waals surface area contributed by atoms with Crippen LogP contribution in [0.5, 0.6) is 0 Å².